The van der Waals surface area contributed by atoms with Gasteiger partial charge in [0.05, 0.1) is 24.8 Å². The van der Waals surface area contributed by atoms with Crippen LogP contribution >= 0.6 is 0 Å². The Hall–Kier alpha value is -4.05. The highest BCUT2D eigenvalue weighted by molar-refractivity contribution is 7.92. The Kier molecular flexibility index (Phi) is 11.1. The van der Waals surface area contributed by atoms with Crippen molar-refractivity contribution >= 4 is 27.5 Å². The van der Waals surface area contributed by atoms with E-state index in [1.54, 1.807) is 43.3 Å². The highest BCUT2D eigenvalue weighted by atomic mass is 32.2. The van der Waals surface area contributed by atoms with Crippen LogP contribution in [0.25, 0.3) is 0 Å². The minimum atomic E-state index is -4.23. The van der Waals surface area contributed by atoms with Crippen LogP contribution in [0.2, 0.25) is 0 Å². The van der Waals surface area contributed by atoms with Crippen LogP contribution in [0.4, 0.5) is 5.69 Å². The molecule has 9 nitrogen and oxygen atoms in total. The maximum Gasteiger partial charge on any atom is 0.264 e. The number of para-hydroxylation sites is 2. The maximum atomic E-state index is 14.1. The van der Waals surface area contributed by atoms with Crippen molar-refractivity contribution in [1.82, 2.24) is 10.2 Å². The van der Waals surface area contributed by atoms with Gasteiger partial charge in [0.1, 0.15) is 24.1 Å². The van der Waals surface area contributed by atoms with Crippen LogP contribution in [0, 0.1) is 0 Å². The number of nitrogens with zero attached hydrogens (tertiary/aromatic N) is 2. The fourth-order valence-electron chi connectivity index (χ4n) is 5.36. The van der Waals surface area contributed by atoms with E-state index in [4.69, 9.17) is 9.47 Å². The van der Waals surface area contributed by atoms with Crippen molar-refractivity contribution in [1.29, 1.82) is 0 Å². The van der Waals surface area contributed by atoms with Crippen molar-refractivity contribution in [2.75, 3.05) is 31.6 Å². The lowest BCUT2D eigenvalue weighted by atomic mass is 9.95. The number of rotatable bonds is 13. The molecule has 0 saturated heterocycles. The molecule has 3 aromatic carbocycles. The fraction of sp³-hybridized carbons (Fsp3) is 0.394. The number of methoxy groups -OCH3 is 2. The second kappa shape index (κ2) is 14.9. The first-order valence-electron chi connectivity index (χ1n) is 14.7. The van der Waals surface area contributed by atoms with Crippen LogP contribution < -0.4 is 19.1 Å². The van der Waals surface area contributed by atoms with Crippen molar-refractivity contribution in [3.8, 4) is 11.5 Å². The third-order valence-electron chi connectivity index (χ3n) is 7.88. The topological polar surface area (TPSA) is 105 Å². The third kappa shape index (κ3) is 8.07. The summed E-state index contributed by atoms with van der Waals surface area (Å²) in [5.74, 6) is 0.0652. The molecule has 1 fully saturated rings. The zero-order chi connectivity index (χ0) is 30.8. The molecule has 0 bridgehead atoms. The van der Waals surface area contributed by atoms with Crippen LogP contribution in [0.5, 0.6) is 11.5 Å². The lowest BCUT2D eigenvalue weighted by Crippen LogP contribution is -2.53. The standard InChI is InChI=1S/C33H41N3O6S/c1-25(33(38)34-27-14-8-5-9-15-27)35(23-22-26-12-6-4-7-13-26)32(37)24-36(30-16-10-11-17-31(30)42-3)43(39,40)29-20-18-28(41-2)19-21-29/h4,6-7,10-13,16-21,25,27H,5,8-9,14-15,22-24H2,1-3H3,(H,34,38). The normalized spacial score (nSPS) is 14.4. The van der Waals surface area contributed by atoms with E-state index in [2.05, 4.69) is 5.32 Å². The molecule has 1 aliphatic rings. The van der Waals surface area contributed by atoms with E-state index in [0.29, 0.717) is 17.9 Å². The zero-order valence-corrected chi connectivity index (χ0v) is 25.9. The van der Waals surface area contributed by atoms with Crippen LogP contribution in [-0.4, -0.2) is 64.5 Å². The first kappa shape index (κ1) is 31.9. The minimum absolute atomic E-state index is 0.00840. The Labute approximate surface area is 254 Å². The Morgan fingerprint density at radius 1 is 0.884 bits per heavy atom. The van der Waals surface area contributed by atoms with Crippen LogP contribution in [-0.2, 0) is 26.0 Å². The van der Waals surface area contributed by atoms with E-state index >= 15 is 0 Å². The van der Waals surface area contributed by atoms with Gasteiger partial charge in [-0.2, -0.15) is 0 Å². The molecular weight excluding hydrogens is 566 g/mol. The van der Waals surface area contributed by atoms with E-state index < -0.39 is 28.5 Å². The Morgan fingerprint density at radius 2 is 1.53 bits per heavy atom. The lowest BCUT2D eigenvalue weighted by molar-refractivity contribution is -0.139. The quantitative estimate of drug-likeness (QED) is 0.299. The van der Waals surface area contributed by atoms with Crippen LogP contribution in [0.1, 0.15) is 44.6 Å². The Morgan fingerprint density at radius 3 is 2.19 bits per heavy atom. The maximum absolute atomic E-state index is 14.1. The molecule has 2 amide bonds. The van der Waals surface area contributed by atoms with E-state index in [9.17, 15) is 18.0 Å². The summed E-state index contributed by atoms with van der Waals surface area (Å²) in [5, 5.41) is 3.13. The van der Waals surface area contributed by atoms with E-state index in [1.807, 2.05) is 30.3 Å². The van der Waals surface area contributed by atoms with Gasteiger partial charge in [-0.25, -0.2) is 8.42 Å². The highest BCUT2D eigenvalue weighted by Gasteiger charge is 2.34. The molecule has 0 radical (unpaired) electrons. The van der Waals surface area contributed by atoms with Crippen molar-refractivity contribution in [3.05, 3.63) is 84.4 Å². The molecule has 0 aromatic heterocycles. The van der Waals surface area contributed by atoms with Crippen molar-refractivity contribution < 1.29 is 27.5 Å². The van der Waals surface area contributed by atoms with Gasteiger partial charge in [-0.3, -0.25) is 13.9 Å². The summed E-state index contributed by atoms with van der Waals surface area (Å²) in [6, 6.07) is 21.6. The van der Waals surface area contributed by atoms with E-state index in [0.717, 1.165) is 42.0 Å². The number of amides is 2. The first-order chi connectivity index (χ1) is 20.7. The molecule has 0 heterocycles. The monoisotopic (exact) mass is 607 g/mol. The van der Waals surface area contributed by atoms with E-state index in [1.165, 1.54) is 31.3 Å². The van der Waals surface area contributed by atoms with Gasteiger partial charge in [-0.1, -0.05) is 61.7 Å². The van der Waals surface area contributed by atoms with Crippen molar-refractivity contribution in [2.45, 2.75) is 62.4 Å². The average Bonchev–Trinajstić information content (AvgIpc) is 3.04. The summed E-state index contributed by atoms with van der Waals surface area (Å²) in [5.41, 5.74) is 1.23. The van der Waals surface area contributed by atoms with Crippen LogP contribution in [0.3, 0.4) is 0 Å². The number of hydrogen-bond donors (Lipinski definition) is 1. The smallest absolute Gasteiger partial charge is 0.264 e. The number of anilines is 1. The van der Waals surface area contributed by atoms with Crippen LogP contribution in [0.15, 0.2) is 83.8 Å². The summed E-state index contributed by atoms with van der Waals surface area (Å²) in [6.07, 6.45) is 5.62. The Bertz CT molecular complexity index is 1460. The summed E-state index contributed by atoms with van der Waals surface area (Å²) >= 11 is 0. The summed E-state index contributed by atoms with van der Waals surface area (Å²) in [7, 11) is -1.28. The predicted octanol–water partition coefficient (Wildman–Crippen LogP) is 4.81. The third-order valence-corrected chi connectivity index (χ3v) is 9.66. The average molecular weight is 608 g/mol. The van der Waals surface area contributed by atoms with Gasteiger partial charge in [0.15, 0.2) is 0 Å². The Balaban J connectivity index is 1.67. The summed E-state index contributed by atoms with van der Waals surface area (Å²) in [6.45, 7) is 1.42. The van der Waals surface area contributed by atoms with E-state index in [-0.39, 0.29) is 29.1 Å². The fourth-order valence-corrected chi connectivity index (χ4v) is 6.79. The van der Waals surface area contributed by atoms with Crippen molar-refractivity contribution in [2.24, 2.45) is 0 Å². The SMILES string of the molecule is COc1ccc(S(=O)(=O)N(CC(=O)N(CCc2ccccc2)C(C)C(=O)NC2CCCCC2)c2ccccc2OC)cc1. The van der Waals surface area contributed by atoms with Crippen molar-refractivity contribution in [3.63, 3.8) is 0 Å². The lowest BCUT2D eigenvalue weighted by Gasteiger charge is -2.33. The molecule has 43 heavy (non-hydrogen) atoms. The molecule has 1 saturated carbocycles. The molecule has 1 aliphatic carbocycles. The summed E-state index contributed by atoms with van der Waals surface area (Å²) < 4.78 is 39.9. The number of nitrogens with one attached hydrogen (secondary N) is 1. The number of benzene rings is 3. The number of ether oxygens (including phenoxy) is 2. The van der Waals surface area contributed by atoms with Gasteiger partial charge in [0, 0.05) is 12.6 Å². The second-order valence-corrected chi connectivity index (χ2v) is 12.6. The molecule has 0 aliphatic heterocycles. The molecule has 4 rings (SSSR count). The molecule has 0 spiro atoms. The molecule has 1 N–H and O–H groups in total. The van der Waals surface area contributed by atoms with Gasteiger partial charge < -0.3 is 19.7 Å². The molecular formula is C33H41N3O6S. The number of sulfonamides is 1. The predicted molar refractivity (Wildman–Crippen MR) is 167 cm³/mol. The number of hydrogen-bond acceptors (Lipinski definition) is 6. The number of carbonyl (C=O) groups excluding carboxylic acids is 2. The summed E-state index contributed by atoms with van der Waals surface area (Å²) in [4.78, 5) is 29.1. The number of carbonyl (C=O) groups is 2. The largest absolute Gasteiger partial charge is 0.497 e. The first-order valence-corrected chi connectivity index (χ1v) is 16.1. The second-order valence-electron chi connectivity index (χ2n) is 10.7. The molecule has 230 valence electrons. The highest BCUT2D eigenvalue weighted by Crippen LogP contribution is 2.33. The van der Waals surface area contributed by atoms with Gasteiger partial charge in [-0.05, 0) is 68.1 Å². The van der Waals surface area contributed by atoms with Gasteiger partial charge in [-0.15, -0.1) is 0 Å². The molecule has 3 aromatic rings. The molecule has 10 heteroatoms. The van der Waals surface area contributed by atoms with Gasteiger partial charge in [0.2, 0.25) is 11.8 Å². The minimum Gasteiger partial charge on any atom is -0.497 e. The van der Waals surface area contributed by atoms with Gasteiger partial charge >= 0.3 is 0 Å². The molecule has 1 unspecified atom stereocenters. The van der Waals surface area contributed by atoms with Gasteiger partial charge in [0.25, 0.3) is 10.0 Å². The zero-order valence-electron chi connectivity index (χ0n) is 25.1. The molecule has 1 atom stereocenters.